The van der Waals surface area contributed by atoms with Gasteiger partial charge in [-0.1, -0.05) is 0 Å². The van der Waals surface area contributed by atoms with Crippen LogP contribution in [0.15, 0.2) is 0 Å². The lowest BCUT2D eigenvalue weighted by atomic mass is 10.7. The van der Waals surface area contributed by atoms with Gasteiger partial charge in [0, 0.05) is 0 Å². The quantitative estimate of drug-likeness (QED) is 0.371. The predicted octanol–water partition coefficient (Wildman–Crippen LogP) is -2.41. The molecule has 3 N–H and O–H groups in total. The number of carbonyl (C=O) groups excluding carboxylic acids is 1. The molecule has 0 heterocycles. The molecular weight excluding hydrogens is 132 g/mol. The number of carbonyl (C=O) groups is 1. The first-order valence-electron chi connectivity index (χ1n) is 1.80. The molecule has 8 heavy (non-hydrogen) atoms. The smallest absolute Gasteiger partial charge is 0.246 e. The van der Waals surface area contributed by atoms with Gasteiger partial charge in [0.25, 0.3) is 0 Å². The van der Waals surface area contributed by atoms with Crippen molar-refractivity contribution in [2.75, 3.05) is 6.54 Å². The SMILES string of the molecule is NCC(=O)N[SH](=O)=O. The van der Waals surface area contributed by atoms with Crippen molar-refractivity contribution in [3.05, 3.63) is 0 Å². The first-order chi connectivity index (χ1) is 3.66. The summed E-state index contributed by atoms with van der Waals surface area (Å²) in [4.78, 5) is 10.0. The van der Waals surface area contributed by atoms with E-state index in [9.17, 15) is 13.2 Å². The number of rotatable bonds is 2. The summed E-state index contributed by atoms with van der Waals surface area (Å²) >= 11 is 0. The van der Waals surface area contributed by atoms with E-state index in [4.69, 9.17) is 5.73 Å². The molecule has 0 aromatic rings. The lowest BCUT2D eigenvalue weighted by molar-refractivity contribution is -0.117. The van der Waals surface area contributed by atoms with Gasteiger partial charge >= 0.3 is 0 Å². The summed E-state index contributed by atoms with van der Waals surface area (Å²) in [6, 6.07) is 0. The number of hydrogen-bond donors (Lipinski definition) is 3. The minimum atomic E-state index is -2.83. The summed E-state index contributed by atoms with van der Waals surface area (Å²) < 4.78 is 20.8. The molecular formula is C2H6N2O3S. The molecule has 0 aromatic heterocycles. The van der Waals surface area contributed by atoms with Crippen molar-refractivity contribution in [2.45, 2.75) is 0 Å². The molecule has 0 saturated carbocycles. The first-order valence-corrected chi connectivity index (χ1v) is 2.98. The molecule has 0 unspecified atom stereocenters. The van der Waals surface area contributed by atoms with E-state index in [1.54, 1.807) is 4.72 Å². The maximum Gasteiger partial charge on any atom is 0.246 e. The molecule has 0 atom stereocenters. The average molecular weight is 138 g/mol. The van der Waals surface area contributed by atoms with Crippen LogP contribution in [0.2, 0.25) is 0 Å². The fourth-order valence-corrected chi connectivity index (χ4v) is 0.442. The maximum absolute atomic E-state index is 10.0. The van der Waals surface area contributed by atoms with E-state index in [2.05, 4.69) is 0 Å². The molecule has 0 fully saturated rings. The van der Waals surface area contributed by atoms with Crippen molar-refractivity contribution in [3.8, 4) is 0 Å². The average Bonchev–Trinajstić information content (AvgIpc) is 1.65. The Hall–Kier alpha value is -0.620. The highest BCUT2D eigenvalue weighted by Crippen LogP contribution is 1.55. The number of amides is 1. The topological polar surface area (TPSA) is 89.3 Å². The molecule has 0 aromatic carbocycles. The molecule has 6 heteroatoms. The van der Waals surface area contributed by atoms with Crippen molar-refractivity contribution >= 4 is 16.8 Å². The fourth-order valence-electron chi connectivity index (χ4n) is 0.147. The molecule has 0 aliphatic rings. The third kappa shape index (κ3) is 3.57. The molecule has 0 aliphatic carbocycles. The maximum atomic E-state index is 10.0. The molecule has 0 bridgehead atoms. The van der Waals surface area contributed by atoms with Gasteiger partial charge in [0.15, 0.2) is 0 Å². The monoisotopic (exact) mass is 138 g/mol. The molecule has 0 rings (SSSR count). The summed E-state index contributed by atoms with van der Waals surface area (Å²) in [5.74, 6) is -0.693. The fraction of sp³-hybridized carbons (Fsp3) is 0.500. The van der Waals surface area contributed by atoms with Crippen LogP contribution in [-0.2, 0) is 15.7 Å². The lowest BCUT2D eigenvalue weighted by Crippen LogP contribution is -2.28. The second kappa shape index (κ2) is 3.39. The van der Waals surface area contributed by atoms with Crippen LogP contribution in [0.5, 0.6) is 0 Å². The highest BCUT2D eigenvalue weighted by Gasteiger charge is 1.92. The Morgan fingerprint density at radius 1 is 1.62 bits per heavy atom. The van der Waals surface area contributed by atoms with E-state index >= 15 is 0 Å². The van der Waals surface area contributed by atoms with Crippen LogP contribution < -0.4 is 10.5 Å². The van der Waals surface area contributed by atoms with Crippen LogP contribution in [0.1, 0.15) is 0 Å². The molecule has 1 amide bonds. The number of nitrogens with one attached hydrogen (secondary N) is 1. The number of hydrogen-bond acceptors (Lipinski definition) is 4. The third-order valence-electron chi connectivity index (χ3n) is 0.401. The third-order valence-corrected chi connectivity index (χ3v) is 0.833. The van der Waals surface area contributed by atoms with Crippen molar-refractivity contribution in [1.29, 1.82) is 0 Å². The van der Waals surface area contributed by atoms with Crippen LogP contribution in [0.25, 0.3) is 0 Å². The van der Waals surface area contributed by atoms with Crippen molar-refractivity contribution < 1.29 is 13.2 Å². The minimum Gasteiger partial charge on any atom is -0.322 e. The molecule has 5 nitrogen and oxygen atoms in total. The lowest BCUT2D eigenvalue weighted by Gasteiger charge is -1.88. The van der Waals surface area contributed by atoms with Gasteiger partial charge in [-0.2, -0.15) is 0 Å². The van der Waals surface area contributed by atoms with E-state index in [0.717, 1.165) is 0 Å². The van der Waals surface area contributed by atoms with Crippen LogP contribution >= 0.6 is 0 Å². The Morgan fingerprint density at radius 2 is 2.12 bits per heavy atom. The Labute approximate surface area is 47.9 Å². The van der Waals surface area contributed by atoms with Crippen LogP contribution in [-0.4, -0.2) is 20.9 Å². The number of thiol groups is 1. The van der Waals surface area contributed by atoms with Crippen LogP contribution in [0, 0.1) is 0 Å². The van der Waals surface area contributed by atoms with Crippen molar-refractivity contribution in [3.63, 3.8) is 0 Å². The molecule has 0 radical (unpaired) electrons. The normalized spacial score (nSPS) is 9.25. The van der Waals surface area contributed by atoms with Crippen LogP contribution in [0.3, 0.4) is 0 Å². The standard InChI is InChI=1S/C2H6N2O3S/c3-1-2(5)4-8(6)7/h8H,1,3H2,(H,4,5,6,7). The van der Waals surface area contributed by atoms with Gasteiger partial charge in [-0.15, -0.1) is 0 Å². The zero-order valence-electron chi connectivity index (χ0n) is 3.96. The van der Waals surface area contributed by atoms with Gasteiger partial charge in [0.05, 0.1) is 6.54 Å². The van der Waals surface area contributed by atoms with Crippen molar-refractivity contribution in [2.24, 2.45) is 5.73 Å². The van der Waals surface area contributed by atoms with E-state index < -0.39 is 16.8 Å². The van der Waals surface area contributed by atoms with E-state index in [1.165, 1.54) is 0 Å². The molecule has 0 aliphatic heterocycles. The minimum absolute atomic E-state index is 0.302. The Bertz CT molecular complexity index is 143. The van der Waals surface area contributed by atoms with Crippen LogP contribution in [0.4, 0.5) is 0 Å². The van der Waals surface area contributed by atoms with Gasteiger partial charge in [-0.25, -0.2) is 8.42 Å². The van der Waals surface area contributed by atoms with E-state index in [-0.39, 0.29) is 6.54 Å². The summed E-state index contributed by atoms with van der Waals surface area (Å²) in [7, 11) is -2.83. The number of nitrogens with two attached hydrogens (primary N) is 1. The summed E-state index contributed by atoms with van der Waals surface area (Å²) in [6.07, 6.45) is 0. The molecule has 48 valence electrons. The van der Waals surface area contributed by atoms with Crippen molar-refractivity contribution in [1.82, 2.24) is 4.72 Å². The van der Waals surface area contributed by atoms with Gasteiger partial charge in [0.1, 0.15) is 0 Å². The van der Waals surface area contributed by atoms with E-state index in [0.29, 0.717) is 0 Å². The zero-order chi connectivity index (χ0) is 6.57. The summed E-state index contributed by atoms with van der Waals surface area (Å²) in [5.41, 5.74) is 4.74. The highest BCUT2D eigenvalue weighted by molar-refractivity contribution is 7.71. The first kappa shape index (κ1) is 7.38. The second-order valence-corrected chi connectivity index (χ2v) is 1.73. The van der Waals surface area contributed by atoms with Gasteiger partial charge in [-0.05, 0) is 0 Å². The molecule has 0 saturated heterocycles. The summed E-state index contributed by atoms with van der Waals surface area (Å²) in [5, 5.41) is 0. The van der Waals surface area contributed by atoms with E-state index in [1.807, 2.05) is 0 Å². The van der Waals surface area contributed by atoms with Gasteiger partial charge in [0.2, 0.25) is 16.8 Å². The van der Waals surface area contributed by atoms with Gasteiger partial charge < -0.3 is 5.73 Å². The zero-order valence-corrected chi connectivity index (χ0v) is 4.85. The largest absolute Gasteiger partial charge is 0.322 e. The van der Waals surface area contributed by atoms with Gasteiger partial charge in [-0.3, -0.25) is 9.52 Å². The Kier molecular flexibility index (Phi) is 3.13. The molecule has 0 spiro atoms. The predicted molar refractivity (Wildman–Crippen MR) is 27.5 cm³/mol. The highest BCUT2D eigenvalue weighted by atomic mass is 32.2. The second-order valence-electron chi connectivity index (χ2n) is 0.996. The Morgan fingerprint density at radius 3 is 2.25 bits per heavy atom. The summed E-state index contributed by atoms with van der Waals surface area (Å²) in [6.45, 7) is -0.302. The Balaban J connectivity index is 3.56.